The Balaban J connectivity index is 3.27. The summed E-state index contributed by atoms with van der Waals surface area (Å²) in [6, 6.07) is 5.45. The fourth-order valence-corrected chi connectivity index (χ4v) is 4.01. The Bertz CT molecular complexity index is 731. The predicted octanol–water partition coefficient (Wildman–Crippen LogP) is 4.04. The largest absolute Gasteiger partial charge is 0.269 e. The molecule has 0 spiro atoms. The van der Waals surface area contributed by atoms with Crippen LogP contribution in [0.1, 0.15) is 46.6 Å². The van der Waals surface area contributed by atoms with E-state index in [0.29, 0.717) is 12.2 Å². The number of nitrogens with zero attached hydrogens (tertiary/aromatic N) is 2. The fourth-order valence-electron chi connectivity index (χ4n) is 2.13. The molecule has 0 aliphatic rings. The van der Waals surface area contributed by atoms with Crippen LogP contribution in [-0.4, -0.2) is 24.9 Å². The summed E-state index contributed by atoms with van der Waals surface area (Å²) in [7, 11) is -1.51. The van der Waals surface area contributed by atoms with E-state index < -0.39 is 32.0 Å². The number of nitro groups is 1. The molecule has 0 saturated carbocycles. The van der Waals surface area contributed by atoms with Gasteiger partial charge in [-0.3, -0.25) is 10.1 Å². The minimum absolute atomic E-state index is 0.0921. The zero-order valence-electron chi connectivity index (χ0n) is 15.5. The molecule has 0 saturated heterocycles. The zero-order valence-corrected chi connectivity index (χ0v) is 17.2. The Morgan fingerprint density at radius 2 is 2.04 bits per heavy atom. The van der Waals surface area contributed by atoms with Gasteiger partial charge in [-0.05, 0) is 52.9 Å². The Labute approximate surface area is 160 Å². The maximum atomic E-state index is 14.5. The molecule has 0 aliphatic heterocycles. The van der Waals surface area contributed by atoms with Gasteiger partial charge in [0.25, 0.3) is 5.69 Å². The number of thioether (sulfide) groups is 1. The molecule has 0 bridgehead atoms. The van der Waals surface area contributed by atoms with Crippen molar-refractivity contribution in [3.05, 3.63) is 39.7 Å². The van der Waals surface area contributed by atoms with Crippen LogP contribution in [0.2, 0.25) is 0 Å². The van der Waals surface area contributed by atoms with E-state index in [0.717, 1.165) is 12.1 Å². The van der Waals surface area contributed by atoms with Crippen LogP contribution in [0.5, 0.6) is 0 Å². The second kappa shape index (κ2) is 8.93. The van der Waals surface area contributed by atoms with Crippen LogP contribution in [0.4, 0.5) is 10.1 Å². The third-order valence-electron chi connectivity index (χ3n) is 3.78. The highest BCUT2D eigenvalue weighted by Gasteiger charge is 2.35. The molecule has 144 valence electrons. The standard InChI is InChI=1S/C17H24FN3O3S2/c1-12(11-19)25-9-8-17(5,20-26(24)16(2,3)4)14-10-13(21(22)23)6-7-15(14)18/h6-7,10,12,20H,8-9H2,1-5H3/t12-,17?,26+/m0/s1. The molecule has 0 radical (unpaired) electrons. The highest BCUT2D eigenvalue weighted by atomic mass is 32.2. The third-order valence-corrected chi connectivity index (χ3v) is 6.57. The van der Waals surface area contributed by atoms with Crippen LogP contribution < -0.4 is 4.72 Å². The van der Waals surface area contributed by atoms with Crippen molar-refractivity contribution in [1.29, 1.82) is 5.26 Å². The molecule has 1 rings (SSSR count). The molecule has 1 unspecified atom stereocenters. The number of hydrogen-bond acceptors (Lipinski definition) is 5. The number of halogens is 1. The topological polar surface area (TPSA) is 96.0 Å². The summed E-state index contributed by atoms with van der Waals surface area (Å²) in [6.07, 6.45) is 0.351. The first-order valence-corrected chi connectivity index (χ1v) is 10.3. The molecule has 0 fully saturated rings. The number of non-ortho nitro benzene ring substituents is 1. The molecule has 0 heterocycles. The van der Waals surface area contributed by atoms with Crippen molar-refractivity contribution in [2.45, 2.75) is 56.6 Å². The van der Waals surface area contributed by atoms with Crippen molar-refractivity contribution in [3.63, 3.8) is 0 Å². The number of rotatable bonds is 8. The van der Waals surface area contributed by atoms with Crippen LogP contribution in [-0.2, 0) is 16.5 Å². The van der Waals surface area contributed by atoms with Crippen LogP contribution in [0, 0.1) is 27.3 Å². The van der Waals surface area contributed by atoms with E-state index in [2.05, 4.69) is 10.8 Å². The lowest BCUT2D eigenvalue weighted by atomic mass is 9.89. The van der Waals surface area contributed by atoms with Crippen LogP contribution in [0.15, 0.2) is 18.2 Å². The van der Waals surface area contributed by atoms with Gasteiger partial charge in [0.1, 0.15) is 5.82 Å². The van der Waals surface area contributed by atoms with E-state index in [9.17, 15) is 18.7 Å². The summed E-state index contributed by atoms with van der Waals surface area (Å²) >= 11 is 1.39. The summed E-state index contributed by atoms with van der Waals surface area (Å²) in [5.74, 6) is -0.100. The van der Waals surface area contributed by atoms with Gasteiger partial charge >= 0.3 is 0 Å². The van der Waals surface area contributed by atoms with Gasteiger partial charge in [-0.25, -0.2) is 13.3 Å². The number of nitrogens with one attached hydrogen (secondary N) is 1. The second-order valence-corrected chi connectivity index (χ2v) is 10.5. The average molecular weight is 402 g/mol. The average Bonchev–Trinajstić information content (AvgIpc) is 2.53. The van der Waals surface area contributed by atoms with Crippen LogP contribution >= 0.6 is 11.8 Å². The van der Waals surface area contributed by atoms with Gasteiger partial charge < -0.3 is 0 Å². The Kier molecular flexibility index (Phi) is 7.74. The van der Waals surface area contributed by atoms with E-state index in [4.69, 9.17) is 5.26 Å². The molecule has 0 aliphatic carbocycles. The summed E-state index contributed by atoms with van der Waals surface area (Å²) in [4.78, 5) is 10.5. The first-order valence-electron chi connectivity index (χ1n) is 8.06. The fraction of sp³-hybridized carbons (Fsp3) is 0.588. The van der Waals surface area contributed by atoms with Gasteiger partial charge in [-0.2, -0.15) is 5.26 Å². The zero-order chi connectivity index (χ0) is 20.1. The summed E-state index contributed by atoms with van der Waals surface area (Å²) in [5.41, 5.74) is -1.22. The first kappa shape index (κ1) is 22.5. The lowest BCUT2D eigenvalue weighted by Gasteiger charge is -2.34. The van der Waals surface area contributed by atoms with Gasteiger partial charge in [0.05, 0.1) is 37.5 Å². The highest BCUT2D eigenvalue weighted by molar-refractivity contribution is 8.00. The number of nitriles is 1. The molecular formula is C17H24FN3O3S2. The Hall–Kier alpha value is -1.50. The van der Waals surface area contributed by atoms with E-state index in [1.165, 1.54) is 17.8 Å². The maximum absolute atomic E-state index is 14.5. The second-order valence-electron chi connectivity index (χ2n) is 7.13. The minimum atomic E-state index is -1.51. The van der Waals surface area contributed by atoms with Gasteiger partial charge in [0.2, 0.25) is 0 Å². The van der Waals surface area contributed by atoms with Crippen molar-refractivity contribution in [3.8, 4) is 6.07 Å². The molecule has 3 atom stereocenters. The van der Waals surface area contributed by atoms with Gasteiger partial charge in [0.15, 0.2) is 0 Å². The molecule has 1 N–H and O–H groups in total. The third kappa shape index (κ3) is 6.04. The van der Waals surface area contributed by atoms with Crippen molar-refractivity contribution in [2.75, 3.05) is 5.75 Å². The molecule has 1 aromatic rings. The summed E-state index contributed by atoms with van der Waals surface area (Å²) < 4.78 is 29.5. The van der Waals surface area contributed by atoms with Crippen molar-refractivity contribution in [1.82, 2.24) is 4.72 Å². The van der Waals surface area contributed by atoms with Crippen LogP contribution in [0.25, 0.3) is 0 Å². The summed E-state index contributed by atoms with van der Waals surface area (Å²) in [5, 5.41) is 19.7. The lowest BCUT2D eigenvalue weighted by molar-refractivity contribution is -0.385. The van der Waals surface area contributed by atoms with E-state index in [1.807, 2.05) is 0 Å². The normalized spacial score (nSPS) is 16.3. The molecule has 0 aromatic heterocycles. The van der Waals surface area contributed by atoms with Crippen LogP contribution in [0.3, 0.4) is 0 Å². The Morgan fingerprint density at radius 3 is 2.54 bits per heavy atom. The van der Waals surface area contributed by atoms with E-state index >= 15 is 0 Å². The number of hydrogen-bond donors (Lipinski definition) is 1. The Morgan fingerprint density at radius 1 is 1.42 bits per heavy atom. The smallest absolute Gasteiger partial charge is 0.258 e. The lowest BCUT2D eigenvalue weighted by Crippen LogP contribution is -2.47. The van der Waals surface area contributed by atoms with Gasteiger partial charge in [-0.1, -0.05) is 0 Å². The first-order chi connectivity index (χ1) is 11.9. The molecule has 9 heteroatoms. The number of benzene rings is 1. The van der Waals surface area contributed by atoms with Crippen molar-refractivity contribution >= 4 is 28.4 Å². The maximum Gasteiger partial charge on any atom is 0.269 e. The molecular weight excluding hydrogens is 377 g/mol. The summed E-state index contributed by atoms with van der Waals surface area (Å²) in [6.45, 7) is 8.79. The van der Waals surface area contributed by atoms with Gasteiger partial charge in [0, 0.05) is 17.7 Å². The highest BCUT2D eigenvalue weighted by Crippen LogP contribution is 2.33. The number of nitro benzene ring substituents is 1. The van der Waals surface area contributed by atoms with Crippen molar-refractivity contribution in [2.24, 2.45) is 0 Å². The quantitative estimate of drug-likeness (QED) is 0.524. The molecule has 6 nitrogen and oxygen atoms in total. The predicted molar refractivity (Wildman–Crippen MR) is 104 cm³/mol. The van der Waals surface area contributed by atoms with E-state index in [-0.39, 0.29) is 16.5 Å². The van der Waals surface area contributed by atoms with E-state index in [1.54, 1.807) is 34.6 Å². The SMILES string of the molecule is C[C@@H](C#N)SCCC(C)(N[S@](=O)C(C)(C)C)c1cc([N+](=O)[O-])ccc1F. The molecule has 1 aromatic carbocycles. The monoisotopic (exact) mass is 401 g/mol. The van der Waals surface area contributed by atoms with Gasteiger partial charge in [-0.15, -0.1) is 11.8 Å². The molecule has 0 amide bonds. The van der Waals surface area contributed by atoms with Crippen molar-refractivity contribution < 1.29 is 13.5 Å². The molecule has 26 heavy (non-hydrogen) atoms. The minimum Gasteiger partial charge on any atom is -0.258 e.